The molecule has 0 rings (SSSR count). The normalized spacial score (nSPS) is 14.4. The summed E-state index contributed by atoms with van der Waals surface area (Å²) in [6.07, 6.45) is 0.556. The fraction of sp³-hybridized carbons (Fsp3) is 0.500. The molecule has 0 aliphatic heterocycles. The van der Waals surface area contributed by atoms with Gasteiger partial charge in [0.2, 0.25) is 0 Å². The first-order valence-electron chi connectivity index (χ1n) is 3.93. The molecule has 0 saturated heterocycles. The van der Waals surface area contributed by atoms with Gasteiger partial charge in [0.25, 0.3) is 0 Å². The Labute approximate surface area is 80.2 Å². The van der Waals surface area contributed by atoms with Gasteiger partial charge in [-0.1, -0.05) is 6.92 Å². The number of carboxylic acids is 3. The van der Waals surface area contributed by atoms with E-state index in [2.05, 4.69) is 0 Å². The van der Waals surface area contributed by atoms with E-state index >= 15 is 0 Å². The third-order valence-electron chi connectivity index (χ3n) is 1.80. The number of hydrogen-bond acceptors (Lipinski definition) is 3. The molecule has 0 fully saturated rings. The van der Waals surface area contributed by atoms with Crippen molar-refractivity contribution in [3.8, 4) is 0 Å². The molecule has 0 heterocycles. The van der Waals surface area contributed by atoms with E-state index in [0.29, 0.717) is 6.42 Å². The van der Waals surface area contributed by atoms with E-state index in [4.69, 9.17) is 15.3 Å². The molecule has 0 saturated carbocycles. The van der Waals surface area contributed by atoms with Crippen molar-refractivity contribution in [2.24, 2.45) is 11.8 Å². The molecular formula is C8H11O6. The molecule has 0 aliphatic rings. The second-order valence-corrected chi connectivity index (χ2v) is 2.72. The van der Waals surface area contributed by atoms with Gasteiger partial charge in [-0.15, -0.1) is 0 Å². The van der Waals surface area contributed by atoms with Gasteiger partial charge >= 0.3 is 17.9 Å². The molecule has 79 valence electrons. The lowest BCUT2D eigenvalue weighted by Gasteiger charge is -2.16. The minimum Gasteiger partial charge on any atom is -0.481 e. The van der Waals surface area contributed by atoms with Crippen molar-refractivity contribution in [1.82, 2.24) is 0 Å². The number of carboxylic acid groups (broad SMARTS) is 3. The van der Waals surface area contributed by atoms with Gasteiger partial charge in [-0.05, 0) is 6.42 Å². The third-order valence-corrected chi connectivity index (χ3v) is 1.80. The summed E-state index contributed by atoms with van der Waals surface area (Å²) in [5, 5.41) is 25.6. The standard InChI is InChI=1S/C8H11O6/c1-2-4(7(11)12)5(8(13)14)3-6(9)10/h3-5H,2H2,1H3,(H,9,10)(H,11,12)(H,13,14). The zero-order chi connectivity index (χ0) is 11.3. The first-order chi connectivity index (χ1) is 6.40. The van der Waals surface area contributed by atoms with Crippen LogP contribution in [0, 0.1) is 18.3 Å². The van der Waals surface area contributed by atoms with E-state index in [1.54, 1.807) is 0 Å². The Hall–Kier alpha value is -1.59. The summed E-state index contributed by atoms with van der Waals surface area (Å²) >= 11 is 0. The van der Waals surface area contributed by atoms with Crippen LogP contribution in [0.3, 0.4) is 0 Å². The summed E-state index contributed by atoms with van der Waals surface area (Å²) in [6.45, 7) is 1.49. The van der Waals surface area contributed by atoms with Crippen molar-refractivity contribution < 1.29 is 29.7 Å². The Bertz CT molecular complexity index is 246. The lowest BCUT2D eigenvalue weighted by Crippen LogP contribution is -2.31. The minimum absolute atomic E-state index is 0.0656. The zero-order valence-electron chi connectivity index (χ0n) is 7.51. The largest absolute Gasteiger partial charge is 0.481 e. The zero-order valence-corrected chi connectivity index (χ0v) is 7.51. The summed E-state index contributed by atoms with van der Waals surface area (Å²) in [5.74, 6) is -6.88. The molecule has 0 aromatic heterocycles. The molecule has 2 unspecified atom stereocenters. The lowest BCUT2D eigenvalue weighted by molar-refractivity contribution is -0.154. The second kappa shape index (κ2) is 5.21. The van der Waals surface area contributed by atoms with Crippen molar-refractivity contribution >= 4 is 17.9 Å². The van der Waals surface area contributed by atoms with Crippen LogP contribution in [-0.2, 0) is 14.4 Å². The van der Waals surface area contributed by atoms with Crippen LogP contribution in [0.1, 0.15) is 13.3 Å². The first kappa shape index (κ1) is 12.4. The van der Waals surface area contributed by atoms with Crippen LogP contribution in [0.2, 0.25) is 0 Å². The lowest BCUT2D eigenvalue weighted by atomic mass is 9.87. The third kappa shape index (κ3) is 3.42. The summed E-state index contributed by atoms with van der Waals surface area (Å²) < 4.78 is 0. The van der Waals surface area contributed by atoms with Gasteiger partial charge in [0.05, 0.1) is 18.3 Å². The van der Waals surface area contributed by atoms with Gasteiger partial charge < -0.3 is 15.3 Å². The van der Waals surface area contributed by atoms with Gasteiger partial charge in [0.15, 0.2) is 0 Å². The fourth-order valence-electron chi connectivity index (χ4n) is 1.10. The molecule has 0 aliphatic carbocycles. The number of hydrogen-bond donors (Lipinski definition) is 3. The second-order valence-electron chi connectivity index (χ2n) is 2.72. The van der Waals surface area contributed by atoms with Crippen LogP contribution in [0.15, 0.2) is 0 Å². The molecule has 6 heteroatoms. The number of rotatable bonds is 6. The maximum Gasteiger partial charge on any atom is 0.308 e. The van der Waals surface area contributed by atoms with Crippen molar-refractivity contribution in [1.29, 1.82) is 0 Å². The maximum atomic E-state index is 10.6. The summed E-state index contributed by atoms with van der Waals surface area (Å²) in [6, 6.07) is 0. The van der Waals surface area contributed by atoms with Gasteiger partial charge in [0.1, 0.15) is 0 Å². The van der Waals surface area contributed by atoms with Crippen LogP contribution in [0.25, 0.3) is 0 Å². The van der Waals surface area contributed by atoms with Crippen LogP contribution in [0.5, 0.6) is 0 Å². The summed E-state index contributed by atoms with van der Waals surface area (Å²) in [5.41, 5.74) is 0. The van der Waals surface area contributed by atoms with Crippen LogP contribution >= 0.6 is 0 Å². The monoisotopic (exact) mass is 203 g/mol. The molecule has 1 radical (unpaired) electrons. The topological polar surface area (TPSA) is 112 Å². The first-order valence-corrected chi connectivity index (χ1v) is 3.93. The molecular weight excluding hydrogens is 192 g/mol. The van der Waals surface area contributed by atoms with Gasteiger partial charge in [-0.25, -0.2) is 0 Å². The van der Waals surface area contributed by atoms with Crippen LogP contribution < -0.4 is 0 Å². The molecule has 14 heavy (non-hydrogen) atoms. The highest BCUT2D eigenvalue weighted by molar-refractivity contribution is 5.89. The van der Waals surface area contributed by atoms with Crippen molar-refractivity contribution in [2.75, 3.05) is 0 Å². The molecule has 0 bridgehead atoms. The molecule has 0 aromatic carbocycles. The van der Waals surface area contributed by atoms with Gasteiger partial charge in [-0.3, -0.25) is 14.4 Å². The Kier molecular flexibility index (Phi) is 4.62. The van der Waals surface area contributed by atoms with Crippen LogP contribution in [0.4, 0.5) is 0 Å². The molecule has 0 aromatic rings. The van der Waals surface area contributed by atoms with E-state index in [9.17, 15) is 14.4 Å². The van der Waals surface area contributed by atoms with E-state index in [0.717, 1.165) is 0 Å². The Morgan fingerprint density at radius 1 is 1.14 bits per heavy atom. The Morgan fingerprint density at radius 2 is 1.64 bits per heavy atom. The summed E-state index contributed by atoms with van der Waals surface area (Å²) in [4.78, 5) is 31.4. The molecule has 6 nitrogen and oxygen atoms in total. The predicted molar refractivity (Wildman–Crippen MR) is 44.5 cm³/mol. The van der Waals surface area contributed by atoms with Crippen LogP contribution in [-0.4, -0.2) is 33.2 Å². The number of carbonyl (C=O) groups is 3. The van der Waals surface area contributed by atoms with Crippen molar-refractivity contribution in [2.45, 2.75) is 13.3 Å². The molecule has 2 atom stereocenters. The maximum absolute atomic E-state index is 10.6. The highest BCUT2D eigenvalue weighted by Gasteiger charge is 2.34. The molecule has 3 N–H and O–H groups in total. The number of aliphatic carboxylic acids is 3. The van der Waals surface area contributed by atoms with E-state index in [1.807, 2.05) is 0 Å². The van der Waals surface area contributed by atoms with E-state index in [1.165, 1.54) is 6.92 Å². The highest BCUT2D eigenvalue weighted by atomic mass is 16.4. The molecule has 0 amide bonds. The average Bonchev–Trinajstić information content (AvgIpc) is 2.02. The Balaban J connectivity index is 4.69. The smallest absolute Gasteiger partial charge is 0.308 e. The van der Waals surface area contributed by atoms with Crippen molar-refractivity contribution in [3.05, 3.63) is 6.42 Å². The fourth-order valence-corrected chi connectivity index (χ4v) is 1.10. The minimum atomic E-state index is -1.49. The van der Waals surface area contributed by atoms with Crippen molar-refractivity contribution in [3.63, 3.8) is 0 Å². The van der Waals surface area contributed by atoms with E-state index < -0.39 is 29.7 Å². The highest BCUT2D eigenvalue weighted by Crippen LogP contribution is 2.19. The van der Waals surface area contributed by atoms with Gasteiger partial charge in [0, 0.05) is 0 Å². The van der Waals surface area contributed by atoms with Gasteiger partial charge in [-0.2, -0.15) is 0 Å². The Morgan fingerprint density at radius 3 is 1.86 bits per heavy atom. The predicted octanol–water partition coefficient (Wildman–Crippen LogP) is 0.0869. The average molecular weight is 203 g/mol. The SMILES string of the molecule is CCC(C(=O)O)C([CH]C(=O)O)C(=O)O. The summed E-state index contributed by atoms with van der Waals surface area (Å²) in [7, 11) is 0. The molecule has 0 spiro atoms. The quantitative estimate of drug-likeness (QED) is 0.563. The van der Waals surface area contributed by atoms with E-state index in [-0.39, 0.29) is 6.42 Å².